The fraction of sp³-hybridized carbons (Fsp3) is 0. The average molecular weight is 243 g/mol. The van der Waals surface area contributed by atoms with Crippen LogP contribution in [0.4, 0.5) is 0 Å². The molecule has 5 heteroatoms. The SMILES string of the molecule is O=[C-]O[C-]=O.[Rb+].[Rb+]. The smallest absolute Gasteiger partial charge is 0.783 e. The summed E-state index contributed by atoms with van der Waals surface area (Å²) < 4.78 is 3.22. The normalized spacial score (nSPS) is 4.00. The van der Waals surface area contributed by atoms with Gasteiger partial charge in [-0.05, 0) is 0 Å². The van der Waals surface area contributed by atoms with Crippen molar-refractivity contribution >= 4 is 12.9 Å². The van der Waals surface area contributed by atoms with Crippen molar-refractivity contribution in [2.75, 3.05) is 0 Å². The van der Waals surface area contributed by atoms with E-state index in [4.69, 9.17) is 9.59 Å². The van der Waals surface area contributed by atoms with Gasteiger partial charge in [0.05, 0.1) is 0 Å². The van der Waals surface area contributed by atoms with Gasteiger partial charge in [-0.25, -0.2) is 0 Å². The molecule has 0 fully saturated rings. The zero-order valence-electron chi connectivity index (χ0n) is 4.22. The third kappa shape index (κ3) is 17.7. The van der Waals surface area contributed by atoms with Crippen molar-refractivity contribution in [3.63, 3.8) is 0 Å². The topological polar surface area (TPSA) is 43.4 Å². The number of rotatable bonds is 2. The number of hydrogen-bond donors (Lipinski definition) is 0. The summed E-state index contributed by atoms with van der Waals surface area (Å²) >= 11 is 0. The maximum Gasteiger partial charge on any atom is 1.00 e. The zero-order valence-corrected chi connectivity index (χ0v) is 14.1. The summed E-state index contributed by atoms with van der Waals surface area (Å²) in [4.78, 5) is 17.6. The Morgan fingerprint density at radius 2 is 1.29 bits per heavy atom. The molecule has 0 bridgehead atoms. The van der Waals surface area contributed by atoms with Gasteiger partial charge in [0.25, 0.3) is 0 Å². The van der Waals surface area contributed by atoms with Crippen LogP contribution in [0.1, 0.15) is 0 Å². The van der Waals surface area contributed by atoms with Crippen LogP contribution in [0, 0.1) is 0 Å². The largest absolute Gasteiger partial charge is 1.00 e. The molecule has 0 amide bonds. The first-order valence-electron chi connectivity index (χ1n) is 0.816. The first-order valence-corrected chi connectivity index (χ1v) is 0.816. The van der Waals surface area contributed by atoms with E-state index in [9.17, 15) is 0 Å². The molecule has 0 aliphatic rings. The van der Waals surface area contributed by atoms with E-state index >= 15 is 0 Å². The molecule has 0 rings (SSSR count). The molecule has 28 valence electrons. The second kappa shape index (κ2) is 15.9. The number of ether oxygens (including phenoxy) is 1. The third-order valence-electron chi connectivity index (χ3n) is 0.0833. The quantitative estimate of drug-likeness (QED) is 0.357. The van der Waals surface area contributed by atoms with E-state index in [0.29, 0.717) is 0 Å². The minimum absolute atomic E-state index is 0. The van der Waals surface area contributed by atoms with Crippen LogP contribution in [0.25, 0.3) is 0 Å². The molecule has 0 aromatic carbocycles. The van der Waals surface area contributed by atoms with E-state index in [0.717, 1.165) is 12.9 Å². The second-order valence-corrected chi connectivity index (χ2v) is 0.269. The van der Waals surface area contributed by atoms with E-state index in [-0.39, 0.29) is 116 Å². The molecule has 0 saturated heterocycles. The molecule has 0 N–H and O–H groups in total. The molecule has 0 atom stereocenters. The summed E-state index contributed by atoms with van der Waals surface area (Å²) in [5, 5.41) is 0. The molecule has 0 aliphatic carbocycles. The Kier molecular flexibility index (Phi) is 37.2. The summed E-state index contributed by atoms with van der Waals surface area (Å²) in [6, 6.07) is 0. The molecule has 0 saturated carbocycles. The predicted molar refractivity (Wildman–Crippen MR) is 12.5 cm³/mol. The Hall–Kier alpha value is 2.75. The summed E-state index contributed by atoms with van der Waals surface area (Å²) in [6.45, 7) is 1.69. The van der Waals surface area contributed by atoms with E-state index in [2.05, 4.69) is 4.74 Å². The zero-order chi connectivity index (χ0) is 4.12. The molecule has 0 aliphatic heterocycles. The third-order valence-corrected chi connectivity index (χ3v) is 0.0833. The van der Waals surface area contributed by atoms with Crippen molar-refractivity contribution in [3.05, 3.63) is 0 Å². The van der Waals surface area contributed by atoms with Crippen LogP contribution in [-0.4, -0.2) is 12.9 Å². The summed E-state index contributed by atoms with van der Waals surface area (Å²) in [7, 11) is 0. The van der Waals surface area contributed by atoms with Gasteiger partial charge in [0.1, 0.15) is 0 Å². The van der Waals surface area contributed by atoms with Gasteiger partial charge >= 0.3 is 116 Å². The van der Waals surface area contributed by atoms with Crippen LogP contribution in [0.2, 0.25) is 0 Å². The van der Waals surface area contributed by atoms with Crippen molar-refractivity contribution in [1.82, 2.24) is 0 Å². The van der Waals surface area contributed by atoms with Crippen molar-refractivity contribution < 1.29 is 131 Å². The molecule has 0 spiro atoms. The Morgan fingerprint density at radius 3 is 1.29 bits per heavy atom. The molecule has 0 radical (unpaired) electrons. The molecule has 3 nitrogen and oxygen atoms in total. The molecule has 0 aromatic rings. The minimum atomic E-state index is 0. The summed E-state index contributed by atoms with van der Waals surface area (Å²) in [6.07, 6.45) is 0. The first kappa shape index (κ1) is 16.4. The van der Waals surface area contributed by atoms with E-state index in [1.54, 1.807) is 0 Å². The molecular formula is C2O3Rb2. The Morgan fingerprint density at radius 1 is 1.00 bits per heavy atom. The van der Waals surface area contributed by atoms with Gasteiger partial charge in [0.2, 0.25) is 0 Å². The maximum absolute atomic E-state index is 8.80. The van der Waals surface area contributed by atoms with Gasteiger partial charge in [-0.3, -0.25) is 0 Å². The first-order chi connectivity index (χ1) is 2.41. The Balaban J connectivity index is -0.0000000800. The minimum Gasteiger partial charge on any atom is -0.783 e. The van der Waals surface area contributed by atoms with Crippen molar-refractivity contribution in [2.24, 2.45) is 0 Å². The van der Waals surface area contributed by atoms with Crippen LogP contribution >= 0.6 is 0 Å². The fourth-order valence-electron chi connectivity index (χ4n) is 0.0170. The van der Waals surface area contributed by atoms with E-state index in [1.165, 1.54) is 0 Å². The average Bonchev–Trinajstić information content (AvgIpc) is 1.41. The van der Waals surface area contributed by atoms with E-state index in [1.807, 2.05) is 0 Å². The van der Waals surface area contributed by atoms with Crippen LogP contribution < -0.4 is 116 Å². The van der Waals surface area contributed by atoms with Gasteiger partial charge < -0.3 is 14.3 Å². The van der Waals surface area contributed by atoms with Gasteiger partial charge in [-0.15, -0.1) is 12.9 Å². The molecule has 0 unspecified atom stereocenters. The number of hydrogen-bond acceptors (Lipinski definition) is 3. The van der Waals surface area contributed by atoms with Gasteiger partial charge in [-0.2, -0.15) is 0 Å². The standard InChI is InChI=1S/C2O3.2Rb/c3-1-5-2-4;;/q-2;2*+1. The van der Waals surface area contributed by atoms with Crippen LogP contribution in [0.5, 0.6) is 0 Å². The maximum atomic E-state index is 8.80. The van der Waals surface area contributed by atoms with Crippen LogP contribution in [0.3, 0.4) is 0 Å². The Labute approximate surface area is 139 Å². The predicted octanol–water partition coefficient (Wildman–Crippen LogP) is -6.85. The molecule has 0 aromatic heterocycles. The molecule has 7 heavy (non-hydrogen) atoms. The summed E-state index contributed by atoms with van der Waals surface area (Å²) in [5.41, 5.74) is 0. The monoisotopic (exact) mass is 242 g/mol. The van der Waals surface area contributed by atoms with Crippen LogP contribution in [-0.2, 0) is 14.3 Å². The molecular weight excluding hydrogens is 243 g/mol. The van der Waals surface area contributed by atoms with Gasteiger partial charge in [-0.1, -0.05) is 0 Å². The van der Waals surface area contributed by atoms with Crippen molar-refractivity contribution in [3.8, 4) is 0 Å². The van der Waals surface area contributed by atoms with Crippen LogP contribution in [0.15, 0.2) is 0 Å². The Bertz CT molecular complexity index is 40.2. The van der Waals surface area contributed by atoms with E-state index < -0.39 is 0 Å². The second-order valence-electron chi connectivity index (χ2n) is 0.269. The van der Waals surface area contributed by atoms with Gasteiger partial charge in [0, 0.05) is 0 Å². The fourth-order valence-corrected chi connectivity index (χ4v) is 0.0170. The number of carbonyl (C=O) groups excluding carboxylic acids is 2. The molecule has 0 heterocycles. The summed E-state index contributed by atoms with van der Waals surface area (Å²) in [5.74, 6) is 0. The van der Waals surface area contributed by atoms with Crippen molar-refractivity contribution in [1.29, 1.82) is 0 Å². The van der Waals surface area contributed by atoms with Crippen molar-refractivity contribution in [2.45, 2.75) is 0 Å². The van der Waals surface area contributed by atoms with Gasteiger partial charge in [0.15, 0.2) is 0 Å².